The highest BCUT2D eigenvalue weighted by molar-refractivity contribution is 7.99. The number of aromatic nitrogens is 1. The van der Waals surface area contributed by atoms with Crippen LogP contribution in [0.1, 0.15) is 35.6 Å². The number of hydrogen-bond acceptors (Lipinski definition) is 4. The fourth-order valence-corrected chi connectivity index (χ4v) is 4.74. The lowest BCUT2D eigenvalue weighted by atomic mass is 10.0. The highest BCUT2D eigenvalue weighted by atomic mass is 32.2. The summed E-state index contributed by atoms with van der Waals surface area (Å²) >= 11 is 2.01. The van der Waals surface area contributed by atoms with Gasteiger partial charge in [-0.1, -0.05) is 30.7 Å². The van der Waals surface area contributed by atoms with Crippen molar-refractivity contribution in [3.8, 4) is 11.6 Å². The van der Waals surface area contributed by atoms with Gasteiger partial charge in [0.1, 0.15) is 5.75 Å². The molecule has 0 bridgehead atoms. The number of likely N-dealkylation sites (tertiary alicyclic amines) is 1. The topological polar surface area (TPSA) is 25.4 Å². The number of thioether (sulfide) groups is 1. The molecule has 1 aromatic carbocycles. The van der Waals surface area contributed by atoms with E-state index in [1.165, 1.54) is 50.0 Å². The molecule has 1 fully saturated rings. The van der Waals surface area contributed by atoms with Crippen LogP contribution in [0.15, 0.2) is 42.6 Å². The maximum absolute atomic E-state index is 5.97. The summed E-state index contributed by atoms with van der Waals surface area (Å²) in [5.41, 5.74) is 2.48. The first-order chi connectivity index (χ1) is 11.4. The Bertz CT molecular complexity index is 624. The van der Waals surface area contributed by atoms with Gasteiger partial charge in [0.25, 0.3) is 0 Å². The maximum atomic E-state index is 5.97. The monoisotopic (exact) mass is 326 g/mol. The van der Waals surface area contributed by atoms with E-state index in [4.69, 9.17) is 4.74 Å². The summed E-state index contributed by atoms with van der Waals surface area (Å²) in [4.78, 5) is 7.02. The van der Waals surface area contributed by atoms with Crippen molar-refractivity contribution >= 4 is 11.8 Å². The third-order valence-corrected chi connectivity index (χ3v) is 5.89. The van der Waals surface area contributed by atoms with Gasteiger partial charge in [0.15, 0.2) is 0 Å². The molecule has 2 aromatic rings. The summed E-state index contributed by atoms with van der Waals surface area (Å²) in [6.45, 7) is 3.71. The van der Waals surface area contributed by atoms with Crippen LogP contribution in [0.3, 0.4) is 0 Å². The summed E-state index contributed by atoms with van der Waals surface area (Å²) in [5.74, 6) is 2.86. The van der Waals surface area contributed by atoms with Crippen molar-refractivity contribution in [3.63, 3.8) is 0 Å². The van der Waals surface area contributed by atoms with Gasteiger partial charge in [0.2, 0.25) is 5.88 Å². The minimum atomic E-state index is 0.327. The summed E-state index contributed by atoms with van der Waals surface area (Å²) in [5, 5.41) is 0.327. The summed E-state index contributed by atoms with van der Waals surface area (Å²) < 4.78 is 5.97. The van der Waals surface area contributed by atoms with Crippen molar-refractivity contribution in [2.75, 3.05) is 25.4 Å². The van der Waals surface area contributed by atoms with E-state index in [1.54, 1.807) is 0 Å². The number of piperidine rings is 1. The number of rotatable bonds is 4. The molecule has 0 aliphatic carbocycles. The van der Waals surface area contributed by atoms with E-state index < -0.39 is 0 Å². The molecule has 3 nitrogen and oxygen atoms in total. The third-order valence-electron chi connectivity index (χ3n) is 4.63. The van der Waals surface area contributed by atoms with Gasteiger partial charge in [-0.05, 0) is 38.1 Å². The highest BCUT2D eigenvalue weighted by Gasteiger charge is 2.28. The zero-order valence-electron chi connectivity index (χ0n) is 13.3. The number of nitrogens with zero attached hydrogens (tertiary/aromatic N) is 2. The van der Waals surface area contributed by atoms with Crippen LogP contribution in [0.2, 0.25) is 0 Å². The number of fused-ring (bicyclic) bond motifs is 2. The molecule has 0 saturated carbocycles. The van der Waals surface area contributed by atoms with Crippen molar-refractivity contribution in [1.29, 1.82) is 0 Å². The quantitative estimate of drug-likeness (QED) is 0.826. The van der Waals surface area contributed by atoms with Gasteiger partial charge in [0, 0.05) is 29.6 Å². The Morgan fingerprint density at radius 3 is 2.78 bits per heavy atom. The Kier molecular flexibility index (Phi) is 4.53. The molecule has 120 valence electrons. The molecule has 0 amide bonds. The average Bonchev–Trinajstić information content (AvgIpc) is 2.62. The molecule has 1 atom stereocenters. The predicted octanol–water partition coefficient (Wildman–Crippen LogP) is 4.50. The van der Waals surface area contributed by atoms with E-state index >= 15 is 0 Å². The maximum Gasteiger partial charge on any atom is 0.223 e. The minimum Gasteiger partial charge on any atom is -0.438 e. The largest absolute Gasteiger partial charge is 0.438 e. The molecule has 0 spiro atoms. The van der Waals surface area contributed by atoms with Crippen LogP contribution in [-0.2, 0) is 0 Å². The lowest BCUT2D eigenvalue weighted by Crippen LogP contribution is -2.31. The molecule has 4 rings (SSSR count). The Morgan fingerprint density at radius 1 is 1.04 bits per heavy atom. The van der Waals surface area contributed by atoms with E-state index in [1.807, 2.05) is 36.2 Å². The van der Waals surface area contributed by atoms with E-state index in [9.17, 15) is 0 Å². The smallest absolute Gasteiger partial charge is 0.223 e. The third kappa shape index (κ3) is 3.24. The molecule has 3 heterocycles. The Balaban J connectivity index is 1.50. The van der Waals surface area contributed by atoms with Crippen LogP contribution in [-0.4, -0.2) is 35.3 Å². The molecule has 4 heteroatoms. The second-order valence-electron chi connectivity index (χ2n) is 6.19. The lowest BCUT2D eigenvalue weighted by molar-refractivity contribution is 0.242. The number of pyridine rings is 1. The van der Waals surface area contributed by atoms with Crippen LogP contribution < -0.4 is 4.74 Å². The first-order valence-electron chi connectivity index (χ1n) is 8.47. The average molecular weight is 326 g/mol. The number of para-hydroxylation sites is 1. The zero-order chi connectivity index (χ0) is 15.5. The molecule has 1 saturated heterocycles. The Morgan fingerprint density at radius 2 is 1.87 bits per heavy atom. The molecule has 23 heavy (non-hydrogen) atoms. The van der Waals surface area contributed by atoms with Crippen molar-refractivity contribution in [2.24, 2.45) is 0 Å². The lowest BCUT2D eigenvalue weighted by Gasteiger charge is -2.29. The van der Waals surface area contributed by atoms with Crippen LogP contribution in [0.4, 0.5) is 0 Å². The molecule has 1 aromatic heterocycles. The van der Waals surface area contributed by atoms with Crippen LogP contribution in [0, 0.1) is 0 Å². The van der Waals surface area contributed by atoms with Gasteiger partial charge in [-0.25, -0.2) is 4.98 Å². The van der Waals surface area contributed by atoms with Gasteiger partial charge < -0.3 is 9.64 Å². The van der Waals surface area contributed by atoms with E-state index in [2.05, 4.69) is 28.1 Å². The summed E-state index contributed by atoms with van der Waals surface area (Å²) in [6.07, 6.45) is 5.92. The Hall–Kier alpha value is -1.52. The standard InChI is InChI=1S/C19H22N2OS/c1-4-11-21(12-5-1)13-14-23-18-15-7-2-3-9-17(15)22-19-16(18)8-6-10-20-19/h2-3,6-10,18H,1,4-5,11-14H2. The molecule has 2 aliphatic heterocycles. The van der Waals surface area contributed by atoms with Gasteiger partial charge in [0.05, 0.1) is 5.25 Å². The number of benzene rings is 1. The van der Waals surface area contributed by atoms with Crippen molar-refractivity contribution in [1.82, 2.24) is 9.88 Å². The summed E-state index contributed by atoms with van der Waals surface area (Å²) in [7, 11) is 0. The minimum absolute atomic E-state index is 0.327. The van der Waals surface area contributed by atoms with Crippen LogP contribution in [0.25, 0.3) is 0 Å². The molecular formula is C19H22N2OS. The molecule has 0 N–H and O–H groups in total. The highest BCUT2D eigenvalue weighted by Crippen LogP contribution is 2.48. The van der Waals surface area contributed by atoms with Crippen molar-refractivity contribution in [2.45, 2.75) is 24.5 Å². The fourth-order valence-electron chi connectivity index (χ4n) is 3.41. The second kappa shape index (κ2) is 6.93. The Labute approximate surface area is 142 Å². The number of hydrogen-bond donors (Lipinski definition) is 0. The predicted molar refractivity (Wildman–Crippen MR) is 95.3 cm³/mol. The second-order valence-corrected chi connectivity index (χ2v) is 7.40. The van der Waals surface area contributed by atoms with Crippen LogP contribution >= 0.6 is 11.8 Å². The van der Waals surface area contributed by atoms with Crippen LogP contribution in [0.5, 0.6) is 11.6 Å². The van der Waals surface area contributed by atoms with Gasteiger partial charge in [-0.2, -0.15) is 0 Å². The first kappa shape index (κ1) is 15.0. The molecule has 1 unspecified atom stereocenters. The SMILES string of the molecule is c1ccc2c(c1)Oc1ncccc1C2SCCN1CCCCC1. The van der Waals surface area contributed by atoms with Gasteiger partial charge >= 0.3 is 0 Å². The van der Waals surface area contributed by atoms with Crippen molar-refractivity contribution in [3.05, 3.63) is 53.7 Å². The molecule has 2 aliphatic rings. The fraction of sp³-hybridized carbons (Fsp3) is 0.421. The number of ether oxygens (including phenoxy) is 1. The normalized spacial score (nSPS) is 20.4. The molecule has 0 radical (unpaired) electrons. The summed E-state index contributed by atoms with van der Waals surface area (Å²) in [6, 6.07) is 12.5. The van der Waals surface area contributed by atoms with E-state index in [0.29, 0.717) is 5.25 Å². The van der Waals surface area contributed by atoms with E-state index in [-0.39, 0.29) is 0 Å². The van der Waals surface area contributed by atoms with Gasteiger partial charge in [-0.3, -0.25) is 0 Å². The van der Waals surface area contributed by atoms with Gasteiger partial charge in [-0.15, -0.1) is 11.8 Å². The zero-order valence-corrected chi connectivity index (χ0v) is 14.1. The van der Waals surface area contributed by atoms with Crippen molar-refractivity contribution < 1.29 is 4.74 Å². The van der Waals surface area contributed by atoms with E-state index in [0.717, 1.165) is 17.4 Å². The molecular weight excluding hydrogens is 304 g/mol. The first-order valence-corrected chi connectivity index (χ1v) is 9.52.